The summed E-state index contributed by atoms with van der Waals surface area (Å²) < 4.78 is 4.74. The summed E-state index contributed by atoms with van der Waals surface area (Å²) in [5.41, 5.74) is 0. The van der Waals surface area contributed by atoms with Crippen LogP contribution in [-0.4, -0.2) is 51.8 Å². The second kappa shape index (κ2) is 4.16. The molecule has 2 unspecified atom stereocenters. The Labute approximate surface area is 85.2 Å². The predicted octanol–water partition coefficient (Wildman–Crippen LogP) is -0.245. The lowest BCUT2D eigenvalue weighted by molar-refractivity contribution is -0.154. The average molecular weight is 217 g/mol. The zero-order chi connectivity index (χ0) is 11.6. The zero-order valence-electron chi connectivity index (χ0n) is 8.04. The highest BCUT2D eigenvalue weighted by atomic mass is 16.5. The number of hydrogen-bond acceptors (Lipinski definition) is 4. The summed E-state index contributed by atoms with van der Waals surface area (Å²) >= 11 is 0. The Kier molecular flexibility index (Phi) is 3.13. The van der Waals surface area contributed by atoms with Crippen LogP contribution in [0.2, 0.25) is 0 Å². The Morgan fingerprint density at radius 3 is 2.33 bits per heavy atom. The first-order valence-corrected chi connectivity index (χ1v) is 4.33. The first kappa shape index (κ1) is 11.3. The highest BCUT2D eigenvalue weighted by Crippen LogP contribution is 2.21. The van der Waals surface area contributed by atoms with E-state index in [1.165, 1.54) is 0 Å². The zero-order valence-corrected chi connectivity index (χ0v) is 8.04. The molecule has 0 aliphatic carbocycles. The SMILES string of the molecule is CC(=O)OC1CCN(C(=O)O)C1C(=O)O. The fourth-order valence-corrected chi connectivity index (χ4v) is 1.61. The molecular formula is C8H11NO6. The van der Waals surface area contributed by atoms with Gasteiger partial charge in [0.05, 0.1) is 0 Å². The van der Waals surface area contributed by atoms with Crippen LogP contribution in [0.1, 0.15) is 13.3 Å². The molecule has 0 aromatic carbocycles. The Morgan fingerprint density at radius 1 is 1.33 bits per heavy atom. The van der Waals surface area contributed by atoms with Gasteiger partial charge in [-0.25, -0.2) is 9.59 Å². The summed E-state index contributed by atoms with van der Waals surface area (Å²) in [7, 11) is 0. The van der Waals surface area contributed by atoms with Gasteiger partial charge in [-0.05, 0) is 0 Å². The van der Waals surface area contributed by atoms with Crippen molar-refractivity contribution < 1.29 is 29.3 Å². The summed E-state index contributed by atoms with van der Waals surface area (Å²) in [6.07, 6.45) is -2.00. The molecule has 15 heavy (non-hydrogen) atoms. The number of likely N-dealkylation sites (tertiary alicyclic amines) is 1. The predicted molar refractivity (Wildman–Crippen MR) is 46.3 cm³/mol. The number of esters is 1. The monoisotopic (exact) mass is 217 g/mol. The molecule has 0 aromatic heterocycles. The van der Waals surface area contributed by atoms with E-state index in [-0.39, 0.29) is 13.0 Å². The maximum Gasteiger partial charge on any atom is 0.408 e. The molecule has 2 N–H and O–H groups in total. The van der Waals surface area contributed by atoms with Gasteiger partial charge in [-0.3, -0.25) is 9.69 Å². The van der Waals surface area contributed by atoms with Crippen molar-refractivity contribution in [3.63, 3.8) is 0 Å². The number of carbonyl (C=O) groups excluding carboxylic acids is 1. The highest BCUT2D eigenvalue weighted by molar-refractivity contribution is 5.81. The number of amides is 1. The minimum Gasteiger partial charge on any atom is -0.480 e. The summed E-state index contributed by atoms with van der Waals surface area (Å²) in [6.45, 7) is 1.21. The number of carboxylic acid groups (broad SMARTS) is 2. The van der Waals surface area contributed by atoms with Crippen LogP contribution < -0.4 is 0 Å². The highest BCUT2D eigenvalue weighted by Gasteiger charge is 2.44. The molecule has 1 aliphatic heterocycles. The Balaban J connectivity index is 2.79. The van der Waals surface area contributed by atoms with Gasteiger partial charge in [0.2, 0.25) is 0 Å². The van der Waals surface area contributed by atoms with E-state index in [2.05, 4.69) is 0 Å². The minimum absolute atomic E-state index is 0.0598. The molecule has 0 radical (unpaired) electrons. The minimum atomic E-state index is -1.32. The van der Waals surface area contributed by atoms with Crippen molar-refractivity contribution in [1.82, 2.24) is 4.90 Å². The van der Waals surface area contributed by atoms with Crippen LogP contribution in [0.25, 0.3) is 0 Å². The number of carboxylic acids is 1. The van der Waals surface area contributed by atoms with E-state index in [1.807, 2.05) is 0 Å². The van der Waals surface area contributed by atoms with Crippen molar-refractivity contribution in [2.24, 2.45) is 0 Å². The fraction of sp³-hybridized carbons (Fsp3) is 0.625. The molecule has 1 saturated heterocycles. The maximum atomic E-state index is 10.8. The third kappa shape index (κ3) is 2.36. The molecule has 0 bridgehead atoms. The first-order valence-electron chi connectivity index (χ1n) is 4.33. The molecule has 1 rings (SSSR count). The standard InChI is InChI=1S/C8H11NO6/c1-4(10)15-5-2-3-9(8(13)14)6(5)7(11)12/h5-6H,2-3H2,1H3,(H,11,12)(H,13,14). The van der Waals surface area contributed by atoms with Crippen molar-refractivity contribution in [1.29, 1.82) is 0 Å². The van der Waals surface area contributed by atoms with Crippen LogP contribution in [0.5, 0.6) is 0 Å². The van der Waals surface area contributed by atoms with Gasteiger partial charge in [0.1, 0.15) is 6.10 Å². The van der Waals surface area contributed by atoms with Crippen molar-refractivity contribution in [3.05, 3.63) is 0 Å². The molecule has 2 atom stereocenters. The number of ether oxygens (including phenoxy) is 1. The van der Waals surface area contributed by atoms with Gasteiger partial charge in [-0.2, -0.15) is 0 Å². The molecule has 1 heterocycles. The second-order valence-corrected chi connectivity index (χ2v) is 3.20. The van der Waals surface area contributed by atoms with Gasteiger partial charge < -0.3 is 14.9 Å². The quantitative estimate of drug-likeness (QED) is 0.618. The van der Waals surface area contributed by atoms with Gasteiger partial charge >= 0.3 is 18.0 Å². The molecule has 0 spiro atoms. The lowest BCUT2D eigenvalue weighted by Gasteiger charge is -2.21. The van der Waals surface area contributed by atoms with Crippen LogP contribution in [0, 0.1) is 0 Å². The third-order valence-corrected chi connectivity index (χ3v) is 2.16. The summed E-state index contributed by atoms with van der Waals surface area (Å²) in [5.74, 6) is -1.92. The van der Waals surface area contributed by atoms with Crippen LogP contribution in [0.3, 0.4) is 0 Å². The molecule has 84 valence electrons. The number of nitrogens with zero attached hydrogens (tertiary/aromatic N) is 1. The van der Waals surface area contributed by atoms with E-state index in [0.29, 0.717) is 0 Å². The van der Waals surface area contributed by atoms with Crippen molar-refractivity contribution >= 4 is 18.0 Å². The lowest BCUT2D eigenvalue weighted by atomic mass is 10.2. The molecule has 7 nitrogen and oxygen atoms in total. The fourth-order valence-electron chi connectivity index (χ4n) is 1.61. The van der Waals surface area contributed by atoms with Crippen LogP contribution in [0.15, 0.2) is 0 Å². The summed E-state index contributed by atoms with van der Waals surface area (Å²) in [5, 5.41) is 17.5. The first-order chi connectivity index (χ1) is 6.93. The Bertz CT molecular complexity index is 302. The second-order valence-electron chi connectivity index (χ2n) is 3.20. The number of rotatable bonds is 2. The van der Waals surface area contributed by atoms with Crippen LogP contribution >= 0.6 is 0 Å². The van der Waals surface area contributed by atoms with E-state index >= 15 is 0 Å². The van der Waals surface area contributed by atoms with Crippen LogP contribution in [0.4, 0.5) is 4.79 Å². The largest absolute Gasteiger partial charge is 0.480 e. The molecule has 1 aliphatic rings. The van der Waals surface area contributed by atoms with Crippen molar-refractivity contribution in [2.45, 2.75) is 25.5 Å². The summed E-state index contributed by atoms with van der Waals surface area (Å²) in [4.78, 5) is 32.9. The maximum absolute atomic E-state index is 10.8. The van der Waals surface area contributed by atoms with Crippen LogP contribution in [-0.2, 0) is 14.3 Å². The lowest BCUT2D eigenvalue weighted by Crippen LogP contribution is -2.45. The summed E-state index contributed by atoms with van der Waals surface area (Å²) in [6, 6.07) is -1.30. The van der Waals surface area contributed by atoms with E-state index < -0.39 is 30.2 Å². The van der Waals surface area contributed by atoms with Gasteiger partial charge in [0, 0.05) is 19.9 Å². The third-order valence-electron chi connectivity index (χ3n) is 2.16. The number of aliphatic carboxylic acids is 1. The van der Waals surface area contributed by atoms with Crippen molar-refractivity contribution in [3.8, 4) is 0 Å². The van der Waals surface area contributed by atoms with Gasteiger partial charge in [0.25, 0.3) is 0 Å². The van der Waals surface area contributed by atoms with Gasteiger partial charge in [0.15, 0.2) is 6.04 Å². The van der Waals surface area contributed by atoms with E-state index in [9.17, 15) is 14.4 Å². The van der Waals surface area contributed by atoms with E-state index in [0.717, 1.165) is 11.8 Å². The molecule has 7 heteroatoms. The molecule has 1 amide bonds. The Morgan fingerprint density at radius 2 is 1.93 bits per heavy atom. The number of carbonyl (C=O) groups is 3. The van der Waals surface area contributed by atoms with Gasteiger partial charge in [-0.15, -0.1) is 0 Å². The smallest absolute Gasteiger partial charge is 0.408 e. The normalized spacial score (nSPS) is 25.0. The van der Waals surface area contributed by atoms with Crippen molar-refractivity contribution in [2.75, 3.05) is 6.54 Å². The molecule has 0 aromatic rings. The van der Waals surface area contributed by atoms with E-state index in [1.54, 1.807) is 0 Å². The molecule has 1 fully saturated rings. The van der Waals surface area contributed by atoms with Gasteiger partial charge in [-0.1, -0.05) is 0 Å². The van der Waals surface area contributed by atoms with E-state index in [4.69, 9.17) is 14.9 Å². The average Bonchev–Trinajstić information content (AvgIpc) is 2.46. The molecule has 0 saturated carbocycles. The topological polar surface area (TPSA) is 104 Å². The Hall–Kier alpha value is -1.79. The number of hydrogen-bond donors (Lipinski definition) is 2. The molecular weight excluding hydrogens is 206 g/mol.